The van der Waals surface area contributed by atoms with E-state index in [4.69, 9.17) is 28.2 Å². The Hall–Kier alpha value is -3.58. The zero-order valence-corrected chi connectivity index (χ0v) is 24.4. The molecule has 1 aromatic heterocycles. The summed E-state index contributed by atoms with van der Waals surface area (Å²) < 4.78 is 0. The summed E-state index contributed by atoms with van der Waals surface area (Å²) in [5.41, 5.74) is 5.81. The highest BCUT2D eigenvalue weighted by Crippen LogP contribution is 2.36. The summed E-state index contributed by atoms with van der Waals surface area (Å²) in [6.07, 6.45) is 2.81. The van der Waals surface area contributed by atoms with Crippen molar-refractivity contribution in [3.05, 3.63) is 111 Å². The number of halogens is 2. The van der Waals surface area contributed by atoms with Crippen LogP contribution in [0.2, 0.25) is 10.0 Å². The molecule has 6 nitrogen and oxygen atoms in total. The fourth-order valence-corrected chi connectivity index (χ4v) is 6.06. The van der Waals surface area contributed by atoms with Crippen molar-refractivity contribution in [1.82, 2.24) is 9.88 Å². The Morgan fingerprint density at radius 1 is 0.951 bits per heavy atom. The first-order valence-corrected chi connectivity index (χ1v) is 14.7. The number of aliphatic hydroxyl groups is 1. The summed E-state index contributed by atoms with van der Waals surface area (Å²) in [5.74, 6) is 0.823. The number of anilines is 2. The van der Waals surface area contributed by atoms with Crippen molar-refractivity contribution in [3.8, 4) is 11.1 Å². The second kappa shape index (κ2) is 11.4. The van der Waals surface area contributed by atoms with Gasteiger partial charge in [-0.05, 0) is 84.5 Å². The van der Waals surface area contributed by atoms with E-state index in [0.717, 1.165) is 52.9 Å². The highest BCUT2D eigenvalue weighted by Gasteiger charge is 2.35. The predicted molar refractivity (Wildman–Crippen MR) is 166 cm³/mol. The Morgan fingerprint density at radius 3 is 2.49 bits per heavy atom. The summed E-state index contributed by atoms with van der Waals surface area (Å²) in [5, 5.41) is 16.0. The van der Waals surface area contributed by atoms with E-state index in [2.05, 4.69) is 29.3 Å². The third kappa shape index (κ3) is 5.78. The van der Waals surface area contributed by atoms with E-state index in [1.165, 1.54) is 11.1 Å². The number of aryl methyl sites for hydroxylation is 1. The van der Waals surface area contributed by atoms with Crippen LogP contribution in [0.4, 0.5) is 11.5 Å². The third-order valence-corrected chi connectivity index (χ3v) is 8.74. The second-order valence-electron chi connectivity index (χ2n) is 10.9. The molecular formula is C33H32Cl2N4O2. The van der Waals surface area contributed by atoms with E-state index < -0.39 is 5.60 Å². The van der Waals surface area contributed by atoms with Crippen molar-refractivity contribution in [1.29, 1.82) is 0 Å². The number of aromatic nitrogens is 1. The lowest BCUT2D eigenvalue weighted by Crippen LogP contribution is -2.45. The molecule has 0 spiro atoms. The lowest BCUT2D eigenvalue weighted by molar-refractivity contribution is -0.0211. The van der Waals surface area contributed by atoms with Crippen LogP contribution in [-0.2, 0) is 12.1 Å². The normalized spacial score (nSPS) is 16.2. The molecule has 0 saturated carbocycles. The molecule has 3 heterocycles. The summed E-state index contributed by atoms with van der Waals surface area (Å²) in [6.45, 7) is 5.46. The monoisotopic (exact) mass is 586 g/mol. The highest BCUT2D eigenvalue weighted by molar-refractivity contribution is 6.30. The van der Waals surface area contributed by atoms with Crippen LogP contribution in [0.25, 0.3) is 11.1 Å². The van der Waals surface area contributed by atoms with E-state index in [-0.39, 0.29) is 5.91 Å². The summed E-state index contributed by atoms with van der Waals surface area (Å²) in [7, 11) is 0. The van der Waals surface area contributed by atoms with Crippen LogP contribution in [0.15, 0.2) is 79.0 Å². The molecule has 3 aromatic carbocycles. The molecule has 2 N–H and O–H groups in total. The molecule has 8 heteroatoms. The number of rotatable bonds is 5. The van der Waals surface area contributed by atoms with Gasteiger partial charge in [-0.25, -0.2) is 4.98 Å². The maximum Gasteiger partial charge on any atom is 0.253 e. The van der Waals surface area contributed by atoms with Crippen LogP contribution in [0.1, 0.15) is 39.9 Å². The summed E-state index contributed by atoms with van der Waals surface area (Å²) in [4.78, 5) is 22.4. The zero-order valence-electron chi connectivity index (χ0n) is 22.9. The lowest BCUT2D eigenvalue weighted by atomic mass is 9.84. The summed E-state index contributed by atoms with van der Waals surface area (Å²) in [6, 6.07) is 23.2. The molecule has 0 unspecified atom stereocenters. The number of likely N-dealkylation sites (tertiary alicyclic amines) is 1. The van der Waals surface area contributed by atoms with Gasteiger partial charge in [0.2, 0.25) is 0 Å². The molecule has 2 aliphatic heterocycles. The van der Waals surface area contributed by atoms with Gasteiger partial charge in [0, 0.05) is 60.1 Å². The van der Waals surface area contributed by atoms with Crippen molar-refractivity contribution in [2.24, 2.45) is 0 Å². The number of hydrogen-bond donors (Lipinski definition) is 2. The second-order valence-corrected chi connectivity index (χ2v) is 11.8. The number of nitrogens with zero attached hydrogens (tertiary/aromatic N) is 3. The highest BCUT2D eigenvalue weighted by atomic mass is 35.5. The molecular weight excluding hydrogens is 555 g/mol. The van der Waals surface area contributed by atoms with Gasteiger partial charge in [-0.1, -0.05) is 53.5 Å². The summed E-state index contributed by atoms with van der Waals surface area (Å²) >= 11 is 12.3. The Labute approximate surface area is 250 Å². The number of pyridine rings is 1. The average Bonchev–Trinajstić information content (AvgIpc) is 2.99. The minimum atomic E-state index is -0.957. The van der Waals surface area contributed by atoms with Gasteiger partial charge in [-0.3, -0.25) is 4.79 Å². The lowest BCUT2D eigenvalue weighted by Gasteiger charge is -2.38. The van der Waals surface area contributed by atoms with Crippen molar-refractivity contribution in [2.45, 2.75) is 31.9 Å². The fraction of sp³-hybridized carbons (Fsp3) is 0.273. The first kappa shape index (κ1) is 27.6. The minimum Gasteiger partial charge on any atom is -0.385 e. The molecule has 1 amide bonds. The Kier molecular flexibility index (Phi) is 7.64. The van der Waals surface area contributed by atoms with Gasteiger partial charge in [0.25, 0.3) is 5.91 Å². The Morgan fingerprint density at radius 2 is 1.71 bits per heavy atom. The van der Waals surface area contributed by atoms with Gasteiger partial charge in [0.05, 0.1) is 11.3 Å². The number of nitrogens with one attached hydrogen (secondary N) is 1. The molecule has 0 atom stereocenters. The molecule has 210 valence electrons. The third-order valence-electron chi connectivity index (χ3n) is 8.26. The number of hydrogen-bond acceptors (Lipinski definition) is 5. The molecule has 1 fully saturated rings. The Balaban J connectivity index is 1.20. The van der Waals surface area contributed by atoms with Crippen LogP contribution >= 0.6 is 23.2 Å². The zero-order chi connectivity index (χ0) is 28.6. The van der Waals surface area contributed by atoms with E-state index in [1.807, 2.05) is 59.6 Å². The van der Waals surface area contributed by atoms with Gasteiger partial charge in [0.1, 0.15) is 5.82 Å². The Bertz CT molecular complexity index is 1580. The first-order chi connectivity index (χ1) is 19.8. The van der Waals surface area contributed by atoms with Crippen LogP contribution in [-0.4, -0.2) is 47.1 Å². The molecule has 0 aliphatic carbocycles. The molecule has 2 aliphatic rings. The number of carbonyl (C=O) groups excluding carboxylic acids is 1. The van der Waals surface area contributed by atoms with Gasteiger partial charge in [-0.15, -0.1) is 0 Å². The molecule has 1 saturated heterocycles. The molecule has 41 heavy (non-hydrogen) atoms. The van der Waals surface area contributed by atoms with E-state index in [1.54, 1.807) is 12.1 Å². The standard InChI is InChI=1S/C33H32Cl2N4O2/c1-22-5-8-29(35)18-26(22)21-39-16-13-36-31-30(39)19-25(20-37-31)23-3-2-4-24(17-23)32(40)38-14-11-33(41,12-15-38)27-6-9-28(34)10-7-27/h2-10,17-20,41H,11-16,21H2,1H3,(H,36,37). The topological polar surface area (TPSA) is 68.7 Å². The fourth-order valence-electron chi connectivity index (χ4n) is 5.74. The van der Waals surface area contributed by atoms with Crippen LogP contribution < -0.4 is 10.2 Å². The van der Waals surface area contributed by atoms with Gasteiger partial charge >= 0.3 is 0 Å². The van der Waals surface area contributed by atoms with Crippen LogP contribution in [0, 0.1) is 6.92 Å². The van der Waals surface area contributed by atoms with Crippen molar-refractivity contribution in [3.63, 3.8) is 0 Å². The molecule has 0 radical (unpaired) electrons. The van der Waals surface area contributed by atoms with Gasteiger partial charge in [0.15, 0.2) is 0 Å². The molecule has 6 rings (SSSR count). The molecule has 4 aromatic rings. The first-order valence-electron chi connectivity index (χ1n) is 13.9. The van der Waals surface area contributed by atoms with Gasteiger partial charge in [-0.2, -0.15) is 0 Å². The smallest absolute Gasteiger partial charge is 0.253 e. The van der Waals surface area contributed by atoms with E-state index in [9.17, 15) is 9.90 Å². The van der Waals surface area contributed by atoms with Gasteiger partial charge < -0.3 is 20.2 Å². The van der Waals surface area contributed by atoms with E-state index >= 15 is 0 Å². The van der Waals surface area contributed by atoms with Crippen molar-refractivity contribution < 1.29 is 9.90 Å². The quantitative estimate of drug-likeness (QED) is 0.265. The van der Waals surface area contributed by atoms with Crippen LogP contribution in [0.5, 0.6) is 0 Å². The number of piperidine rings is 1. The average molecular weight is 588 g/mol. The number of carbonyl (C=O) groups is 1. The number of fused-ring (bicyclic) bond motifs is 1. The number of benzene rings is 3. The maximum absolute atomic E-state index is 13.5. The van der Waals surface area contributed by atoms with Crippen molar-refractivity contribution >= 4 is 40.6 Å². The maximum atomic E-state index is 13.5. The number of amides is 1. The van der Waals surface area contributed by atoms with Crippen LogP contribution in [0.3, 0.4) is 0 Å². The predicted octanol–water partition coefficient (Wildman–Crippen LogP) is 6.92. The SMILES string of the molecule is Cc1ccc(Cl)cc1CN1CCNc2ncc(-c3cccc(C(=O)N4CCC(O)(c5ccc(Cl)cc5)CC4)c3)cc21. The largest absolute Gasteiger partial charge is 0.385 e. The molecule has 0 bridgehead atoms. The minimum absolute atomic E-state index is 0.0318. The van der Waals surface area contributed by atoms with E-state index in [0.29, 0.717) is 36.5 Å². The van der Waals surface area contributed by atoms with Crippen molar-refractivity contribution in [2.75, 3.05) is 36.4 Å².